The second kappa shape index (κ2) is 6.93. The molecule has 25 heavy (non-hydrogen) atoms. The van der Waals surface area contributed by atoms with Gasteiger partial charge in [0.25, 0.3) is 5.91 Å². The summed E-state index contributed by atoms with van der Waals surface area (Å²) in [6.07, 6.45) is 0. The van der Waals surface area contributed by atoms with E-state index in [9.17, 15) is 4.79 Å². The summed E-state index contributed by atoms with van der Waals surface area (Å²) in [6.45, 7) is 8.79. The van der Waals surface area contributed by atoms with E-state index < -0.39 is 0 Å². The lowest BCUT2D eigenvalue weighted by Crippen LogP contribution is -2.12. The van der Waals surface area contributed by atoms with Gasteiger partial charge in [0, 0.05) is 16.9 Å². The van der Waals surface area contributed by atoms with Gasteiger partial charge in [-0.3, -0.25) is 9.48 Å². The standard InChI is InChI=1S/C21H23N3O/c1-14-9-15(2)11-20(10-14)22-21(25)19-7-5-18(6-8-19)13-24-17(4)12-16(3)23-24/h5-12H,13H2,1-4H3,(H,22,25). The number of carbonyl (C=O) groups is 1. The van der Waals surface area contributed by atoms with Crippen LogP contribution < -0.4 is 5.32 Å². The largest absolute Gasteiger partial charge is 0.322 e. The van der Waals surface area contributed by atoms with Gasteiger partial charge in [-0.2, -0.15) is 5.10 Å². The Labute approximate surface area is 148 Å². The van der Waals surface area contributed by atoms with Crippen LogP contribution in [0.5, 0.6) is 0 Å². The number of rotatable bonds is 4. The molecule has 4 heteroatoms. The van der Waals surface area contributed by atoms with Gasteiger partial charge in [0.15, 0.2) is 0 Å². The maximum atomic E-state index is 12.4. The summed E-state index contributed by atoms with van der Waals surface area (Å²) in [7, 11) is 0. The molecular weight excluding hydrogens is 310 g/mol. The molecular formula is C21H23N3O. The quantitative estimate of drug-likeness (QED) is 0.768. The van der Waals surface area contributed by atoms with E-state index in [4.69, 9.17) is 0 Å². The van der Waals surface area contributed by atoms with Gasteiger partial charge in [-0.25, -0.2) is 0 Å². The monoisotopic (exact) mass is 333 g/mol. The van der Waals surface area contributed by atoms with E-state index in [-0.39, 0.29) is 5.91 Å². The molecule has 0 aliphatic rings. The molecule has 0 bridgehead atoms. The van der Waals surface area contributed by atoms with Crippen LogP contribution >= 0.6 is 0 Å². The molecule has 1 N–H and O–H groups in total. The number of nitrogens with zero attached hydrogens (tertiary/aromatic N) is 2. The Morgan fingerprint density at radius 1 is 0.960 bits per heavy atom. The average Bonchev–Trinajstić information content (AvgIpc) is 2.84. The third-order valence-corrected chi connectivity index (χ3v) is 4.13. The lowest BCUT2D eigenvalue weighted by molar-refractivity contribution is 0.102. The molecule has 1 heterocycles. The highest BCUT2D eigenvalue weighted by atomic mass is 16.1. The van der Waals surface area contributed by atoms with Crippen molar-refractivity contribution in [1.82, 2.24) is 9.78 Å². The number of benzene rings is 2. The molecule has 0 atom stereocenters. The van der Waals surface area contributed by atoms with E-state index in [1.165, 1.54) is 0 Å². The van der Waals surface area contributed by atoms with Gasteiger partial charge >= 0.3 is 0 Å². The van der Waals surface area contributed by atoms with Crippen LogP contribution in [-0.4, -0.2) is 15.7 Å². The number of anilines is 1. The first-order chi connectivity index (χ1) is 11.9. The SMILES string of the molecule is Cc1cc(C)cc(NC(=O)c2ccc(Cn3nc(C)cc3C)cc2)c1. The van der Waals surface area contributed by atoms with Crippen LogP contribution in [-0.2, 0) is 6.54 Å². The summed E-state index contributed by atoms with van der Waals surface area (Å²) in [4.78, 5) is 12.4. The van der Waals surface area contributed by atoms with Gasteiger partial charge < -0.3 is 5.32 Å². The first-order valence-corrected chi connectivity index (χ1v) is 8.40. The van der Waals surface area contributed by atoms with Crippen LogP contribution in [0, 0.1) is 27.7 Å². The second-order valence-corrected chi connectivity index (χ2v) is 6.61. The Balaban J connectivity index is 1.71. The summed E-state index contributed by atoms with van der Waals surface area (Å²) in [5.41, 5.74) is 7.02. The van der Waals surface area contributed by atoms with Crippen LogP contribution in [0.2, 0.25) is 0 Å². The molecule has 0 fully saturated rings. The number of hydrogen-bond acceptors (Lipinski definition) is 2. The lowest BCUT2D eigenvalue weighted by atomic mass is 10.1. The topological polar surface area (TPSA) is 46.9 Å². The van der Waals surface area contributed by atoms with Gasteiger partial charge in [0.1, 0.15) is 0 Å². The van der Waals surface area contributed by atoms with Crippen LogP contribution in [0.15, 0.2) is 48.5 Å². The summed E-state index contributed by atoms with van der Waals surface area (Å²) in [5, 5.41) is 7.44. The molecule has 0 spiro atoms. The van der Waals surface area contributed by atoms with Crippen molar-refractivity contribution >= 4 is 11.6 Å². The Hall–Kier alpha value is -2.88. The van der Waals surface area contributed by atoms with Crippen molar-refractivity contribution in [2.24, 2.45) is 0 Å². The van der Waals surface area contributed by atoms with Crippen molar-refractivity contribution in [1.29, 1.82) is 0 Å². The Morgan fingerprint density at radius 2 is 1.60 bits per heavy atom. The van der Waals surface area contributed by atoms with Crippen LogP contribution in [0.1, 0.15) is 38.4 Å². The van der Waals surface area contributed by atoms with E-state index in [2.05, 4.69) is 22.5 Å². The number of aryl methyl sites for hydroxylation is 4. The fraction of sp³-hybridized carbons (Fsp3) is 0.238. The fourth-order valence-electron chi connectivity index (χ4n) is 3.02. The molecule has 1 amide bonds. The Morgan fingerprint density at radius 3 is 2.16 bits per heavy atom. The van der Waals surface area contributed by atoms with Crippen molar-refractivity contribution < 1.29 is 4.79 Å². The summed E-state index contributed by atoms with van der Waals surface area (Å²) >= 11 is 0. The van der Waals surface area contributed by atoms with E-state index in [1.54, 1.807) is 0 Å². The highest BCUT2D eigenvalue weighted by Gasteiger charge is 2.08. The number of aromatic nitrogens is 2. The van der Waals surface area contributed by atoms with E-state index in [0.29, 0.717) is 12.1 Å². The highest BCUT2D eigenvalue weighted by Crippen LogP contribution is 2.16. The number of carbonyl (C=O) groups excluding carboxylic acids is 1. The van der Waals surface area contributed by atoms with Crippen molar-refractivity contribution in [2.75, 3.05) is 5.32 Å². The normalized spacial score (nSPS) is 10.7. The Kier molecular flexibility index (Phi) is 4.70. The molecule has 3 aromatic rings. The van der Waals surface area contributed by atoms with Gasteiger partial charge in [0.05, 0.1) is 12.2 Å². The molecule has 0 saturated heterocycles. The zero-order valence-electron chi connectivity index (χ0n) is 15.1. The molecule has 0 aliphatic heterocycles. The number of nitrogens with one attached hydrogen (secondary N) is 1. The van der Waals surface area contributed by atoms with Crippen molar-refractivity contribution in [3.8, 4) is 0 Å². The van der Waals surface area contributed by atoms with Gasteiger partial charge in [-0.1, -0.05) is 18.2 Å². The zero-order chi connectivity index (χ0) is 18.0. The Bertz CT molecular complexity index is 887. The maximum absolute atomic E-state index is 12.4. The summed E-state index contributed by atoms with van der Waals surface area (Å²) in [5.74, 6) is -0.0948. The highest BCUT2D eigenvalue weighted by molar-refractivity contribution is 6.04. The minimum Gasteiger partial charge on any atom is -0.322 e. The maximum Gasteiger partial charge on any atom is 0.255 e. The van der Waals surface area contributed by atoms with Crippen molar-refractivity contribution in [2.45, 2.75) is 34.2 Å². The van der Waals surface area contributed by atoms with E-state index >= 15 is 0 Å². The zero-order valence-corrected chi connectivity index (χ0v) is 15.1. The average molecular weight is 333 g/mol. The third kappa shape index (κ3) is 4.15. The molecule has 3 rings (SSSR count). The predicted molar refractivity (Wildman–Crippen MR) is 101 cm³/mol. The first kappa shape index (κ1) is 17.0. The molecule has 128 valence electrons. The third-order valence-electron chi connectivity index (χ3n) is 4.13. The summed E-state index contributed by atoms with van der Waals surface area (Å²) < 4.78 is 1.97. The minimum atomic E-state index is -0.0948. The lowest BCUT2D eigenvalue weighted by Gasteiger charge is -2.09. The van der Waals surface area contributed by atoms with Crippen LogP contribution in [0.3, 0.4) is 0 Å². The predicted octanol–water partition coefficient (Wildman–Crippen LogP) is 4.42. The van der Waals surface area contributed by atoms with Crippen molar-refractivity contribution in [3.63, 3.8) is 0 Å². The fourth-order valence-corrected chi connectivity index (χ4v) is 3.02. The smallest absolute Gasteiger partial charge is 0.255 e. The van der Waals surface area contributed by atoms with Crippen LogP contribution in [0.4, 0.5) is 5.69 Å². The molecule has 4 nitrogen and oxygen atoms in total. The van der Waals surface area contributed by atoms with E-state index in [1.807, 2.05) is 68.8 Å². The molecule has 0 saturated carbocycles. The van der Waals surface area contributed by atoms with E-state index in [0.717, 1.165) is 33.8 Å². The molecule has 1 aromatic heterocycles. The molecule has 2 aromatic carbocycles. The van der Waals surface area contributed by atoms with Gasteiger partial charge in [0.2, 0.25) is 0 Å². The molecule has 0 radical (unpaired) electrons. The second-order valence-electron chi connectivity index (χ2n) is 6.61. The molecule has 0 aliphatic carbocycles. The minimum absolute atomic E-state index is 0.0948. The molecule has 0 unspecified atom stereocenters. The van der Waals surface area contributed by atoms with Crippen LogP contribution in [0.25, 0.3) is 0 Å². The van der Waals surface area contributed by atoms with Crippen molar-refractivity contribution in [3.05, 3.63) is 82.2 Å². The van der Waals surface area contributed by atoms with Gasteiger partial charge in [-0.05, 0) is 74.7 Å². The number of hydrogen-bond donors (Lipinski definition) is 1. The summed E-state index contributed by atoms with van der Waals surface area (Å²) in [6, 6.07) is 15.8. The van der Waals surface area contributed by atoms with Gasteiger partial charge in [-0.15, -0.1) is 0 Å². The number of amides is 1. The first-order valence-electron chi connectivity index (χ1n) is 8.40.